The average molecular weight is 294 g/mol. The van der Waals surface area contributed by atoms with Gasteiger partial charge in [0.25, 0.3) is 0 Å². The lowest BCUT2D eigenvalue weighted by Gasteiger charge is -2.04. The number of allylic oxidation sites excluding steroid dienone is 3. The number of aliphatic hydroxyl groups is 1. The molecule has 0 saturated heterocycles. The summed E-state index contributed by atoms with van der Waals surface area (Å²) in [6, 6.07) is 0. The maximum Gasteiger partial charge on any atom is 0.129 e. The summed E-state index contributed by atoms with van der Waals surface area (Å²) in [7, 11) is 0. The van der Waals surface area contributed by atoms with Gasteiger partial charge in [-0.05, 0) is 32.6 Å². The third-order valence-corrected chi connectivity index (χ3v) is 3.58. The Morgan fingerprint density at radius 2 is 1.71 bits per heavy atom. The quantitative estimate of drug-likeness (QED) is 0.346. The fourth-order valence-electron chi connectivity index (χ4n) is 2.23. The number of Topliss-reactive ketones (excluding diaryl/α,β-unsaturated/α-hetero) is 1. The Balaban J connectivity index is 3.40. The number of hydrogen-bond acceptors (Lipinski definition) is 2. The van der Waals surface area contributed by atoms with E-state index in [1.54, 1.807) is 6.92 Å². The highest BCUT2D eigenvalue weighted by Gasteiger charge is 1.99. The van der Waals surface area contributed by atoms with Crippen molar-refractivity contribution in [2.75, 3.05) is 0 Å². The largest absolute Gasteiger partial charge is 0.389 e. The van der Waals surface area contributed by atoms with E-state index in [-0.39, 0.29) is 6.10 Å². The maximum atomic E-state index is 10.8. The Bertz CT molecular complexity index is 292. The minimum atomic E-state index is -0.317. The van der Waals surface area contributed by atoms with Crippen molar-refractivity contribution in [2.45, 2.75) is 90.6 Å². The van der Waals surface area contributed by atoms with Gasteiger partial charge in [0, 0.05) is 6.42 Å². The molecule has 1 atom stereocenters. The van der Waals surface area contributed by atoms with Crippen LogP contribution >= 0.6 is 0 Å². The molecule has 0 heterocycles. The molecule has 0 aromatic carbocycles. The van der Waals surface area contributed by atoms with Crippen molar-refractivity contribution in [3.8, 4) is 0 Å². The number of rotatable bonds is 14. The van der Waals surface area contributed by atoms with Crippen LogP contribution in [-0.2, 0) is 4.79 Å². The summed E-state index contributed by atoms with van der Waals surface area (Å²) < 4.78 is 0. The van der Waals surface area contributed by atoms with Crippen LogP contribution in [0.5, 0.6) is 0 Å². The number of unbranched alkanes of at least 4 members (excludes halogenated alkanes) is 7. The first-order chi connectivity index (χ1) is 10.2. The smallest absolute Gasteiger partial charge is 0.129 e. The minimum Gasteiger partial charge on any atom is -0.389 e. The van der Waals surface area contributed by atoms with E-state index in [2.05, 4.69) is 13.0 Å². The molecule has 0 bridgehead atoms. The predicted molar refractivity (Wildman–Crippen MR) is 91.4 cm³/mol. The monoisotopic (exact) mass is 294 g/mol. The molecule has 0 aromatic heterocycles. The van der Waals surface area contributed by atoms with Crippen molar-refractivity contribution in [3.63, 3.8) is 0 Å². The van der Waals surface area contributed by atoms with E-state index in [9.17, 15) is 9.90 Å². The SMILES string of the molecule is CCCCC/C=C\C=C\C(O)CCCCCCCC(C)=O. The van der Waals surface area contributed by atoms with Gasteiger partial charge in [0.05, 0.1) is 6.10 Å². The van der Waals surface area contributed by atoms with E-state index in [1.165, 1.54) is 25.7 Å². The molecule has 0 amide bonds. The van der Waals surface area contributed by atoms with Crippen LogP contribution in [0.15, 0.2) is 24.3 Å². The van der Waals surface area contributed by atoms with Gasteiger partial charge >= 0.3 is 0 Å². The molecule has 1 N–H and O–H groups in total. The molecule has 2 heteroatoms. The van der Waals surface area contributed by atoms with Crippen molar-refractivity contribution in [3.05, 3.63) is 24.3 Å². The standard InChI is InChI=1S/C19H34O2/c1-3-4-5-6-7-10-13-16-19(21)17-14-11-8-9-12-15-18(2)20/h7,10,13,16,19,21H,3-6,8-9,11-12,14-15,17H2,1-2H3/b10-7-,16-13+. The lowest BCUT2D eigenvalue weighted by Crippen LogP contribution is -2.01. The molecule has 2 nitrogen and oxygen atoms in total. The van der Waals surface area contributed by atoms with Crippen LogP contribution in [0.3, 0.4) is 0 Å². The Morgan fingerprint density at radius 1 is 1.00 bits per heavy atom. The van der Waals surface area contributed by atoms with E-state index >= 15 is 0 Å². The molecular weight excluding hydrogens is 260 g/mol. The molecule has 0 aromatic rings. The van der Waals surface area contributed by atoms with E-state index in [1.807, 2.05) is 18.2 Å². The number of carbonyl (C=O) groups excluding carboxylic acids is 1. The van der Waals surface area contributed by atoms with Crippen molar-refractivity contribution < 1.29 is 9.90 Å². The Morgan fingerprint density at radius 3 is 2.43 bits per heavy atom. The first-order valence-electron chi connectivity index (χ1n) is 8.67. The zero-order valence-electron chi connectivity index (χ0n) is 14.0. The van der Waals surface area contributed by atoms with E-state index < -0.39 is 0 Å². The highest BCUT2D eigenvalue weighted by molar-refractivity contribution is 5.75. The first-order valence-corrected chi connectivity index (χ1v) is 8.67. The van der Waals surface area contributed by atoms with Crippen molar-refractivity contribution in [1.82, 2.24) is 0 Å². The molecule has 0 fully saturated rings. The van der Waals surface area contributed by atoms with E-state index in [0.717, 1.165) is 44.9 Å². The summed E-state index contributed by atoms with van der Waals surface area (Å²) >= 11 is 0. The minimum absolute atomic E-state index is 0.290. The summed E-state index contributed by atoms with van der Waals surface area (Å²) in [4.78, 5) is 10.8. The first kappa shape index (κ1) is 20.1. The second kappa shape index (κ2) is 15.5. The fourth-order valence-corrected chi connectivity index (χ4v) is 2.23. The third kappa shape index (κ3) is 17.1. The molecule has 0 spiro atoms. The topological polar surface area (TPSA) is 37.3 Å². The molecule has 0 aliphatic carbocycles. The molecular formula is C19H34O2. The summed E-state index contributed by atoms with van der Waals surface area (Å²) in [6.45, 7) is 3.87. The highest BCUT2D eigenvalue weighted by Crippen LogP contribution is 2.09. The molecule has 0 aliphatic heterocycles. The van der Waals surface area contributed by atoms with Gasteiger partial charge in [0.1, 0.15) is 5.78 Å². The molecule has 0 rings (SSSR count). The summed E-state index contributed by atoms with van der Waals surface area (Å²) in [5.74, 6) is 0.290. The van der Waals surface area contributed by atoms with Gasteiger partial charge in [0.2, 0.25) is 0 Å². The molecule has 122 valence electrons. The van der Waals surface area contributed by atoms with Gasteiger partial charge in [-0.3, -0.25) is 0 Å². The molecule has 0 radical (unpaired) electrons. The van der Waals surface area contributed by atoms with Crippen LogP contribution < -0.4 is 0 Å². The molecule has 0 saturated carbocycles. The maximum absolute atomic E-state index is 10.8. The zero-order valence-corrected chi connectivity index (χ0v) is 14.0. The lowest BCUT2D eigenvalue weighted by molar-refractivity contribution is -0.117. The van der Waals surface area contributed by atoms with Crippen molar-refractivity contribution >= 4 is 5.78 Å². The van der Waals surface area contributed by atoms with Gasteiger partial charge in [-0.1, -0.05) is 69.8 Å². The number of carbonyl (C=O) groups is 1. The molecule has 0 aliphatic rings. The lowest BCUT2D eigenvalue weighted by atomic mass is 10.1. The van der Waals surface area contributed by atoms with Crippen molar-refractivity contribution in [2.24, 2.45) is 0 Å². The summed E-state index contributed by atoms with van der Waals surface area (Å²) in [5.41, 5.74) is 0. The van der Waals surface area contributed by atoms with E-state index in [0.29, 0.717) is 5.78 Å². The van der Waals surface area contributed by atoms with E-state index in [4.69, 9.17) is 0 Å². The normalized spacial score (nSPS) is 13.3. The van der Waals surface area contributed by atoms with Crippen LogP contribution in [0.25, 0.3) is 0 Å². The molecule has 1 unspecified atom stereocenters. The second-order valence-electron chi connectivity index (χ2n) is 5.88. The van der Waals surface area contributed by atoms with Gasteiger partial charge in [-0.2, -0.15) is 0 Å². The average Bonchev–Trinajstić information content (AvgIpc) is 2.45. The Labute approximate surface area is 131 Å². The van der Waals surface area contributed by atoms with Gasteiger partial charge in [0.15, 0.2) is 0 Å². The summed E-state index contributed by atoms with van der Waals surface area (Å²) in [6.07, 6.45) is 19.8. The highest BCUT2D eigenvalue weighted by atomic mass is 16.3. The third-order valence-electron chi connectivity index (χ3n) is 3.58. The Kier molecular flexibility index (Phi) is 14.8. The fraction of sp³-hybridized carbons (Fsp3) is 0.737. The van der Waals surface area contributed by atoms with Gasteiger partial charge in [-0.25, -0.2) is 0 Å². The van der Waals surface area contributed by atoms with Gasteiger partial charge in [-0.15, -0.1) is 0 Å². The van der Waals surface area contributed by atoms with Crippen LogP contribution in [0, 0.1) is 0 Å². The van der Waals surface area contributed by atoms with Crippen LogP contribution in [-0.4, -0.2) is 17.0 Å². The number of hydrogen-bond donors (Lipinski definition) is 1. The summed E-state index contributed by atoms with van der Waals surface area (Å²) in [5, 5.41) is 9.80. The number of ketones is 1. The van der Waals surface area contributed by atoms with Crippen LogP contribution in [0.2, 0.25) is 0 Å². The van der Waals surface area contributed by atoms with Crippen molar-refractivity contribution in [1.29, 1.82) is 0 Å². The van der Waals surface area contributed by atoms with Gasteiger partial charge < -0.3 is 9.90 Å². The molecule has 21 heavy (non-hydrogen) atoms. The van der Waals surface area contributed by atoms with Crippen LogP contribution in [0.4, 0.5) is 0 Å². The number of aliphatic hydroxyl groups excluding tert-OH is 1. The Hall–Kier alpha value is -0.890. The predicted octanol–water partition coefficient (Wildman–Crippen LogP) is 5.36. The van der Waals surface area contributed by atoms with Crippen LogP contribution in [0.1, 0.15) is 84.5 Å². The second-order valence-corrected chi connectivity index (χ2v) is 5.88. The zero-order chi connectivity index (χ0) is 15.8.